The van der Waals surface area contributed by atoms with Crippen molar-refractivity contribution >= 4 is 0 Å². The van der Waals surface area contributed by atoms with Crippen molar-refractivity contribution in [1.82, 2.24) is 15.4 Å². The standard InChI is InChI=1S/C9H16N4O/c1-14-7-2-4-8(13-10)9-11-5-3-6-12-9/h3,5-6,8,13H,2,4,7,10H2,1H3. The fourth-order valence-electron chi connectivity index (χ4n) is 1.21. The third kappa shape index (κ3) is 3.37. The van der Waals surface area contributed by atoms with E-state index < -0.39 is 0 Å². The van der Waals surface area contributed by atoms with Crippen LogP contribution >= 0.6 is 0 Å². The lowest BCUT2D eigenvalue weighted by molar-refractivity contribution is 0.188. The minimum atomic E-state index is 0.00588. The summed E-state index contributed by atoms with van der Waals surface area (Å²) in [4.78, 5) is 8.27. The van der Waals surface area contributed by atoms with E-state index >= 15 is 0 Å². The van der Waals surface area contributed by atoms with Crippen molar-refractivity contribution in [2.75, 3.05) is 13.7 Å². The summed E-state index contributed by atoms with van der Waals surface area (Å²) in [7, 11) is 1.68. The lowest BCUT2D eigenvalue weighted by Crippen LogP contribution is -2.29. The minimum absolute atomic E-state index is 0.00588. The smallest absolute Gasteiger partial charge is 0.146 e. The molecule has 0 amide bonds. The summed E-state index contributed by atoms with van der Waals surface area (Å²) in [5.41, 5.74) is 2.70. The van der Waals surface area contributed by atoms with Gasteiger partial charge in [0.15, 0.2) is 0 Å². The largest absolute Gasteiger partial charge is 0.385 e. The second-order valence-electron chi connectivity index (χ2n) is 2.96. The van der Waals surface area contributed by atoms with Crippen LogP contribution in [0.25, 0.3) is 0 Å². The molecule has 14 heavy (non-hydrogen) atoms. The highest BCUT2D eigenvalue weighted by atomic mass is 16.5. The Balaban J connectivity index is 2.46. The number of hydrogen-bond donors (Lipinski definition) is 2. The van der Waals surface area contributed by atoms with Crippen molar-refractivity contribution in [2.45, 2.75) is 18.9 Å². The number of aromatic nitrogens is 2. The summed E-state index contributed by atoms with van der Waals surface area (Å²) in [5, 5.41) is 0. The molecular formula is C9H16N4O. The first-order chi connectivity index (χ1) is 6.88. The van der Waals surface area contributed by atoms with Crippen LogP contribution in [0.3, 0.4) is 0 Å². The normalized spacial score (nSPS) is 12.7. The second-order valence-corrected chi connectivity index (χ2v) is 2.96. The van der Waals surface area contributed by atoms with Gasteiger partial charge in [0.1, 0.15) is 5.82 Å². The van der Waals surface area contributed by atoms with Crippen LogP contribution in [0.2, 0.25) is 0 Å². The number of nitrogens with zero attached hydrogens (tertiary/aromatic N) is 2. The van der Waals surface area contributed by atoms with Crippen molar-refractivity contribution in [1.29, 1.82) is 0 Å². The van der Waals surface area contributed by atoms with Gasteiger partial charge < -0.3 is 4.74 Å². The maximum Gasteiger partial charge on any atom is 0.146 e. The maximum absolute atomic E-state index is 5.42. The summed E-state index contributed by atoms with van der Waals surface area (Å²) in [6.45, 7) is 0.727. The molecule has 0 spiro atoms. The van der Waals surface area contributed by atoms with Crippen LogP contribution in [0, 0.1) is 0 Å². The number of ether oxygens (including phenoxy) is 1. The van der Waals surface area contributed by atoms with Crippen molar-refractivity contribution in [3.8, 4) is 0 Å². The van der Waals surface area contributed by atoms with Crippen molar-refractivity contribution < 1.29 is 4.74 Å². The zero-order valence-electron chi connectivity index (χ0n) is 8.31. The Bertz CT molecular complexity index is 242. The van der Waals surface area contributed by atoms with Crippen LogP contribution < -0.4 is 11.3 Å². The minimum Gasteiger partial charge on any atom is -0.385 e. The Kier molecular flexibility index (Phi) is 5.06. The Hall–Kier alpha value is -1.04. The van der Waals surface area contributed by atoms with Gasteiger partial charge in [0.05, 0.1) is 6.04 Å². The molecule has 0 bridgehead atoms. The summed E-state index contributed by atoms with van der Waals surface area (Å²) in [5.74, 6) is 6.14. The molecule has 0 radical (unpaired) electrons. The molecule has 1 heterocycles. The number of rotatable bonds is 6. The van der Waals surface area contributed by atoms with E-state index in [1.165, 1.54) is 0 Å². The highest BCUT2D eigenvalue weighted by molar-refractivity contribution is 4.94. The SMILES string of the molecule is COCCCC(NN)c1ncccn1. The van der Waals surface area contributed by atoms with Crippen molar-refractivity contribution in [3.63, 3.8) is 0 Å². The van der Waals surface area contributed by atoms with Gasteiger partial charge in [0.25, 0.3) is 0 Å². The van der Waals surface area contributed by atoms with Gasteiger partial charge in [-0.25, -0.2) is 15.4 Å². The van der Waals surface area contributed by atoms with E-state index in [-0.39, 0.29) is 6.04 Å². The fourth-order valence-corrected chi connectivity index (χ4v) is 1.21. The molecule has 5 nitrogen and oxygen atoms in total. The molecule has 0 aliphatic rings. The molecule has 1 unspecified atom stereocenters. The van der Waals surface area contributed by atoms with E-state index in [4.69, 9.17) is 10.6 Å². The zero-order chi connectivity index (χ0) is 10.2. The van der Waals surface area contributed by atoms with Crippen LogP contribution in [0.4, 0.5) is 0 Å². The predicted molar refractivity (Wildman–Crippen MR) is 53.2 cm³/mol. The first-order valence-corrected chi connectivity index (χ1v) is 4.60. The van der Waals surface area contributed by atoms with Crippen molar-refractivity contribution in [3.05, 3.63) is 24.3 Å². The molecule has 1 rings (SSSR count). The van der Waals surface area contributed by atoms with Crippen LogP contribution in [-0.4, -0.2) is 23.7 Å². The molecule has 0 aliphatic carbocycles. The Labute approximate surface area is 83.7 Å². The summed E-state index contributed by atoms with van der Waals surface area (Å²) >= 11 is 0. The van der Waals surface area contributed by atoms with Gasteiger partial charge in [-0.05, 0) is 18.9 Å². The highest BCUT2D eigenvalue weighted by Crippen LogP contribution is 2.11. The highest BCUT2D eigenvalue weighted by Gasteiger charge is 2.10. The third-order valence-electron chi connectivity index (χ3n) is 1.94. The van der Waals surface area contributed by atoms with E-state index in [1.807, 2.05) is 0 Å². The lowest BCUT2D eigenvalue weighted by atomic mass is 10.1. The van der Waals surface area contributed by atoms with Gasteiger partial charge in [-0.1, -0.05) is 0 Å². The first kappa shape index (κ1) is 11.0. The van der Waals surface area contributed by atoms with E-state index in [9.17, 15) is 0 Å². The van der Waals surface area contributed by atoms with Gasteiger partial charge in [-0.3, -0.25) is 5.84 Å². The van der Waals surface area contributed by atoms with E-state index in [0.717, 1.165) is 25.3 Å². The van der Waals surface area contributed by atoms with Gasteiger partial charge in [-0.15, -0.1) is 0 Å². The number of hydrogen-bond acceptors (Lipinski definition) is 5. The molecule has 3 N–H and O–H groups in total. The maximum atomic E-state index is 5.42. The fraction of sp³-hybridized carbons (Fsp3) is 0.556. The number of nitrogens with one attached hydrogen (secondary N) is 1. The average Bonchev–Trinajstić information content (AvgIpc) is 2.26. The van der Waals surface area contributed by atoms with Crippen LogP contribution in [0.5, 0.6) is 0 Å². The Morgan fingerprint density at radius 3 is 2.79 bits per heavy atom. The van der Waals surface area contributed by atoms with Gasteiger partial charge in [0.2, 0.25) is 0 Å². The summed E-state index contributed by atoms with van der Waals surface area (Å²) < 4.78 is 4.96. The van der Waals surface area contributed by atoms with Gasteiger partial charge >= 0.3 is 0 Å². The molecule has 1 atom stereocenters. The molecule has 1 aromatic rings. The first-order valence-electron chi connectivity index (χ1n) is 4.60. The molecule has 0 fully saturated rings. The van der Waals surface area contributed by atoms with Gasteiger partial charge in [-0.2, -0.15) is 0 Å². The second kappa shape index (κ2) is 6.42. The quantitative estimate of drug-likeness (QED) is 0.391. The van der Waals surface area contributed by atoms with Gasteiger partial charge in [0, 0.05) is 26.1 Å². The average molecular weight is 196 g/mol. The lowest BCUT2D eigenvalue weighted by Gasteiger charge is -2.13. The van der Waals surface area contributed by atoms with E-state index in [1.54, 1.807) is 25.6 Å². The number of nitrogens with two attached hydrogens (primary N) is 1. The number of hydrazine groups is 1. The number of methoxy groups -OCH3 is 1. The zero-order valence-corrected chi connectivity index (χ0v) is 8.31. The van der Waals surface area contributed by atoms with E-state index in [0.29, 0.717) is 0 Å². The monoisotopic (exact) mass is 196 g/mol. The third-order valence-corrected chi connectivity index (χ3v) is 1.94. The molecular weight excluding hydrogens is 180 g/mol. The topological polar surface area (TPSA) is 73.1 Å². The van der Waals surface area contributed by atoms with Crippen LogP contribution in [-0.2, 0) is 4.74 Å². The van der Waals surface area contributed by atoms with Crippen molar-refractivity contribution in [2.24, 2.45) is 5.84 Å². The van der Waals surface area contributed by atoms with Crippen LogP contribution in [0.1, 0.15) is 24.7 Å². The molecule has 5 heteroatoms. The molecule has 0 aliphatic heterocycles. The molecule has 0 saturated heterocycles. The summed E-state index contributed by atoms with van der Waals surface area (Å²) in [6, 6.07) is 1.79. The molecule has 0 aromatic carbocycles. The predicted octanol–water partition coefficient (Wildman–Crippen LogP) is 0.408. The van der Waals surface area contributed by atoms with Crippen LogP contribution in [0.15, 0.2) is 18.5 Å². The Morgan fingerprint density at radius 2 is 2.21 bits per heavy atom. The molecule has 78 valence electrons. The molecule has 1 aromatic heterocycles. The Morgan fingerprint density at radius 1 is 1.50 bits per heavy atom. The molecule has 0 saturated carbocycles. The van der Waals surface area contributed by atoms with E-state index in [2.05, 4.69) is 15.4 Å². The summed E-state index contributed by atoms with van der Waals surface area (Å²) in [6.07, 6.45) is 5.23.